The lowest BCUT2D eigenvalue weighted by molar-refractivity contribution is -0.142. The summed E-state index contributed by atoms with van der Waals surface area (Å²) in [6, 6.07) is 0.487. The number of hydrogen-bond donors (Lipinski definition) is 1. The summed E-state index contributed by atoms with van der Waals surface area (Å²) in [7, 11) is 0. The monoisotopic (exact) mass is 371 g/mol. The molecule has 1 N–H and O–H groups in total. The summed E-state index contributed by atoms with van der Waals surface area (Å²) < 4.78 is 0. The van der Waals surface area contributed by atoms with Crippen LogP contribution in [0.25, 0.3) is 0 Å². The third-order valence-electron chi connectivity index (χ3n) is 7.20. The van der Waals surface area contributed by atoms with Crippen LogP contribution in [0.4, 0.5) is 0 Å². The average molecular weight is 372 g/mol. The topological polar surface area (TPSA) is 56.4 Å². The van der Waals surface area contributed by atoms with Gasteiger partial charge in [0.05, 0.1) is 0 Å². The lowest BCUT2D eigenvalue weighted by atomic mass is 9.73. The van der Waals surface area contributed by atoms with Crippen molar-refractivity contribution in [3.63, 3.8) is 0 Å². The maximum absolute atomic E-state index is 12.6. The molecule has 3 heterocycles. The lowest BCUT2D eigenvalue weighted by Gasteiger charge is -2.49. The van der Waals surface area contributed by atoms with Gasteiger partial charge in [0.1, 0.15) is 0 Å². The van der Waals surface area contributed by atoms with Gasteiger partial charge in [0.2, 0.25) is 5.91 Å². The Morgan fingerprint density at radius 1 is 1.11 bits per heavy atom. The van der Waals surface area contributed by atoms with E-state index in [9.17, 15) is 9.59 Å². The van der Waals surface area contributed by atoms with E-state index in [1.165, 1.54) is 38.5 Å². The number of aromatic amines is 1. The molecule has 0 unspecified atom stereocenters. The summed E-state index contributed by atoms with van der Waals surface area (Å²) in [6.07, 6.45) is 10.9. The van der Waals surface area contributed by atoms with Crippen molar-refractivity contribution in [2.45, 2.75) is 77.8 Å². The Kier molecular flexibility index (Phi) is 5.15. The Balaban J connectivity index is 1.48. The maximum atomic E-state index is 12.6. The fourth-order valence-electron chi connectivity index (χ4n) is 5.56. The zero-order chi connectivity index (χ0) is 19.0. The summed E-state index contributed by atoms with van der Waals surface area (Å²) >= 11 is 0. The van der Waals surface area contributed by atoms with Crippen LogP contribution in [0.5, 0.6) is 0 Å². The molecule has 1 saturated carbocycles. The van der Waals surface area contributed by atoms with Crippen LogP contribution >= 0.6 is 0 Å². The van der Waals surface area contributed by atoms with Gasteiger partial charge in [-0.15, -0.1) is 0 Å². The first kappa shape index (κ1) is 18.7. The van der Waals surface area contributed by atoms with Crippen molar-refractivity contribution in [1.29, 1.82) is 0 Å². The molecule has 3 aliphatic rings. The Hall–Kier alpha value is -1.62. The zero-order valence-corrected chi connectivity index (χ0v) is 16.9. The van der Waals surface area contributed by atoms with Crippen LogP contribution < -0.4 is 5.43 Å². The summed E-state index contributed by atoms with van der Waals surface area (Å²) in [5, 5.41) is 0. The van der Waals surface area contributed by atoms with Crippen LogP contribution in [0.2, 0.25) is 0 Å². The highest BCUT2D eigenvalue weighted by atomic mass is 16.2. The minimum absolute atomic E-state index is 0.158. The molecule has 1 spiro atoms. The number of piperidine rings is 2. The summed E-state index contributed by atoms with van der Waals surface area (Å²) in [4.78, 5) is 32.9. The molecule has 1 aromatic heterocycles. The van der Waals surface area contributed by atoms with Gasteiger partial charge in [-0.1, -0.05) is 12.8 Å². The SMILES string of the molecule is Cc1c[nH]c(CN2CCC[C@@]3(CCC(=O)N(C4CCCC4)C3)C2)c(C)c1=O. The number of rotatable bonds is 3. The molecule has 1 amide bonds. The maximum Gasteiger partial charge on any atom is 0.222 e. The fourth-order valence-corrected chi connectivity index (χ4v) is 5.56. The summed E-state index contributed by atoms with van der Waals surface area (Å²) in [5.41, 5.74) is 3.08. The average Bonchev–Trinajstić information content (AvgIpc) is 3.19. The van der Waals surface area contributed by atoms with Crippen LogP contribution in [0.15, 0.2) is 11.0 Å². The highest BCUT2D eigenvalue weighted by molar-refractivity contribution is 5.77. The van der Waals surface area contributed by atoms with Gasteiger partial charge < -0.3 is 9.88 Å². The van der Waals surface area contributed by atoms with Gasteiger partial charge >= 0.3 is 0 Å². The highest BCUT2D eigenvalue weighted by Gasteiger charge is 2.43. The molecule has 27 heavy (non-hydrogen) atoms. The number of carbonyl (C=O) groups is 1. The number of nitrogens with zero attached hydrogens (tertiary/aromatic N) is 2. The number of pyridine rings is 1. The van der Waals surface area contributed by atoms with E-state index in [1.807, 2.05) is 20.0 Å². The van der Waals surface area contributed by atoms with Gasteiger partial charge in [-0.05, 0) is 52.5 Å². The number of amides is 1. The third-order valence-corrected chi connectivity index (χ3v) is 7.20. The molecule has 5 heteroatoms. The molecule has 3 fully saturated rings. The molecular weight excluding hydrogens is 338 g/mol. The Morgan fingerprint density at radius 3 is 2.67 bits per heavy atom. The Bertz CT molecular complexity index is 765. The van der Waals surface area contributed by atoms with Gasteiger partial charge in [0, 0.05) is 60.5 Å². The predicted octanol–water partition coefficient (Wildman–Crippen LogP) is 3.14. The Morgan fingerprint density at radius 2 is 1.89 bits per heavy atom. The van der Waals surface area contributed by atoms with Crippen molar-refractivity contribution in [1.82, 2.24) is 14.8 Å². The first-order valence-corrected chi connectivity index (χ1v) is 10.7. The molecule has 2 aliphatic heterocycles. The van der Waals surface area contributed by atoms with Crippen molar-refractivity contribution in [3.05, 3.63) is 33.2 Å². The van der Waals surface area contributed by atoms with Gasteiger partial charge in [-0.3, -0.25) is 14.5 Å². The van der Waals surface area contributed by atoms with Crippen LogP contribution in [0, 0.1) is 19.3 Å². The number of carbonyl (C=O) groups excluding carboxylic acids is 1. The molecule has 4 rings (SSSR count). The first-order chi connectivity index (χ1) is 13.0. The predicted molar refractivity (Wildman–Crippen MR) is 107 cm³/mol. The second-order valence-electron chi connectivity index (χ2n) is 9.18. The number of nitrogens with one attached hydrogen (secondary N) is 1. The van der Waals surface area contributed by atoms with Crippen LogP contribution in [-0.2, 0) is 11.3 Å². The van der Waals surface area contributed by atoms with Crippen molar-refractivity contribution >= 4 is 5.91 Å². The Labute approximate surface area is 162 Å². The molecule has 0 radical (unpaired) electrons. The normalized spacial score (nSPS) is 27.6. The lowest BCUT2D eigenvalue weighted by Crippen LogP contribution is -2.56. The number of H-pyrrole nitrogens is 1. The van der Waals surface area contributed by atoms with E-state index in [-0.39, 0.29) is 10.8 Å². The van der Waals surface area contributed by atoms with Gasteiger partial charge in [-0.2, -0.15) is 0 Å². The number of hydrogen-bond acceptors (Lipinski definition) is 3. The molecule has 148 valence electrons. The molecule has 0 aromatic carbocycles. The largest absolute Gasteiger partial charge is 0.363 e. The standard InChI is InChI=1S/C22H33N3O2/c1-16-12-23-19(17(2)21(16)27)13-24-11-5-9-22(14-24)10-8-20(26)25(15-22)18-6-3-4-7-18/h12,18H,3-11,13-15H2,1-2H3,(H,23,27)/t22-/m1/s1. The van der Waals surface area contributed by atoms with Crippen LogP contribution in [0.3, 0.4) is 0 Å². The van der Waals surface area contributed by atoms with Gasteiger partial charge in [-0.25, -0.2) is 0 Å². The van der Waals surface area contributed by atoms with Crippen LogP contribution in [0.1, 0.15) is 68.2 Å². The molecule has 2 saturated heterocycles. The second kappa shape index (κ2) is 7.42. The third kappa shape index (κ3) is 3.71. The van der Waals surface area contributed by atoms with E-state index in [0.29, 0.717) is 18.4 Å². The van der Waals surface area contributed by atoms with Gasteiger partial charge in [0.25, 0.3) is 0 Å². The molecule has 1 aliphatic carbocycles. The molecule has 5 nitrogen and oxygen atoms in total. The number of aromatic nitrogens is 1. The van der Waals surface area contributed by atoms with Gasteiger partial charge in [0.15, 0.2) is 5.43 Å². The quantitative estimate of drug-likeness (QED) is 0.888. The van der Waals surface area contributed by atoms with Crippen molar-refractivity contribution < 1.29 is 4.79 Å². The molecule has 1 aromatic rings. The van der Waals surface area contributed by atoms with E-state index < -0.39 is 0 Å². The molecule has 1 atom stereocenters. The van der Waals surface area contributed by atoms with Crippen molar-refractivity contribution in [3.8, 4) is 0 Å². The van der Waals surface area contributed by atoms with Crippen LogP contribution in [-0.4, -0.2) is 46.4 Å². The second-order valence-corrected chi connectivity index (χ2v) is 9.18. The summed E-state index contributed by atoms with van der Waals surface area (Å²) in [6.45, 7) is 7.66. The fraction of sp³-hybridized carbons (Fsp3) is 0.727. The molecular formula is C22H33N3O2. The zero-order valence-electron chi connectivity index (χ0n) is 16.9. The van der Waals surface area contributed by atoms with Crippen molar-refractivity contribution in [2.75, 3.05) is 19.6 Å². The van der Waals surface area contributed by atoms with Crippen molar-refractivity contribution in [2.24, 2.45) is 5.41 Å². The number of likely N-dealkylation sites (tertiary alicyclic amines) is 2. The molecule has 0 bridgehead atoms. The van der Waals surface area contributed by atoms with E-state index in [4.69, 9.17) is 0 Å². The van der Waals surface area contributed by atoms with E-state index in [0.717, 1.165) is 49.4 Å². The minimum atomic E-state index is 0.158. The minimum Gasteiger partial charge on any atom is -0.363 e. The van der Waals surface area contributed by atoms with E-state index in [2.05, 4.69) is 14.8 Å². The first-order valence-electron chi connectivity index (χ1n) is 10.7. The number of aryl methyl sites for hydroxylation is 1. The van der Waals surface area contributed by atoms with E-state index >= 15 is 0 Å². The summed E-state index contributed by atoms with van der Waals surface area (Å²) in [5.74, 6) is 0.378. The smallest absolute Gasteiger partial charge is 0.222 e. The highest BCUT2D eigenvalue weighted by Crippen LogP contribution is 2.41. The van der Waals surface area contributed by atoms with E-state index in [1.54, 1.807) is 0 Å².